The van der Waals surface area contributed by atoms with Gasteiger partial charge in [0.05, 0.1) is 16.1 Å². The van der Waals surface area contributed by atoms with E-state index in [4.69, 9.17) is 16.9 Å². The van der Waals surface area contributed by atoms with Crippen molar-refractivity contribution in [3.63, 3.8) is 0 Å². The first kappa shape index (κ1) is 15.7. The average Bonchev–Trinajstić information content (AvgIpc) is 2.60. The van der Waals surface area contributed by atoms with Crippen LogP contribution in [0.25, 0.3) is 17.0 Å². The van der Waals surface area contributed by atoms with E-state index in [1.807, 2.05) is 36.4 Å². The number of fused-ring (bicyclic) bond motifs is 1. The first-order chi connectivity index (χ1) is 11.7. The van der Waals surface area contributed by atoms with Gasteiger partial charge in [0.25, 0.3) is 0 Å². The average molecular weight is 334 g/mol. The van der Waals surface area contributed by atoms with E-state index in [0.29, 0.717) is 16.3 Å². The monoisotopic (exact) mass is 333 g/mol. The van der Waals surface area contributed by atoms with Crippen molar-refractivity contribution in [3.8, 4) is 6.07 Å². The van der Waals surface area contributed by atoms with E-state index in [1.165, 1.54) is 6.08 Å². The first-order valence-corrected chi connectivity index (χ1v) is 7.57. The van der Waals surface area contributed by atoms with E-state index in [9.17, 15) is 4.79 Å². The number of amides is 1. The number of rotatable bonds is 3. The Kier molecular flexibility index (Phi) is 4.55. The number of para-hydroxylation sites is 1. The Balaban J connectivity index is 1.78. The molecule has 0 fully saturated rings. The minimum absolute atomic E-state index is 0.288. The maximum atomic E-state index is 12.1. The molecule has 0 spiro atoms. The second-order valence-corrected chi connectivity index (χ2v) is 5.46. The Morgan fingerprint density at radius 2 is 2.04 bits per heavy atom. The quantitative estimate of drug-likeness (QED) is 0.722. The van der Waals surface area contributed by atoms with Crippen LogP contribution in [-0.4, -0.2) is 10.9 Å². The van der Waals surface area contributed by atoms with Crippen molar-refractivity contribution in [2.45, 2.75) is 0 Å². The molecule has 0 aliphatic carbocycles. The van der Waals surface area contributed by atoms with Gasteiger partial charge in [0.1, 0.15) is 6.07 Å². The molecule has 0 saturated carbocycles. The molecule has 24 heavy (non-hydrogen) atoms. The SMILES string of the molecule is N#Cc1ccc(NC(=O)/C=C/c2cccc3cccnc23)cc1Cl. The molecule has 116 valence electrons. The Hall–Kier alpha value is -3.16. The van der Waals surface area contributed by atoms with Crippen molar-refractivity contribution in [2.24, 2.45) is 0 Å². The molecule has 2 aromatic carbocycles. The van der Waals surface area contributed by atoms with Gasteiger partial charge in [-0.25, -0.2) is 0 Å². The highest BCUT2D eigenvalue weighted by atomic mass is 35.5. The number of carbonyl (C=O) groups is 1. The van der Waals surface area contributed by atoms with Crippen LogP contribution in [0.5, 0.6) is 0 Å². The van der Waals surface area contributed by atoms with Crippen molar-refractivity contribution in [1.29, 1.82) is 5.26 Å². The van der Waals surface area contributed by atoms with Crippen LogP contribution >= 0.6 is 11.6 Å². The molecular weight excluding hydrogens is 322 g/mol. The Labute approximate surface area is 144 Å². The second kappa shape index (κ2) is 6.95. The smallest absolute Gasteiger partial charge is 0.248 e. The number of carbonyl (C=O) groups excluding carboxylic acids is 1. The maximum Gasteiger partial charge on any atom is 0.248 e. The molecule has 0 unspecified atom stereocenters. The molecule has 0 aliphatic heterocycles. The van der Waals surface area contributed by atoms with E-state index >= 15 is 0 Å². The highest BCUT2D eigenvalue weighted by molar-refractivity contribution is 6.32. The molecule has 4 nitrogen and oxygen atoms in total. The third kappa shape index (κ3) is 3.43. The summed E-state index contributed by atoms with van der Waals surface area (Å²) in [5, 5.41) is 12.9. The van der Waals surface area contributed by atoms with Crippen molar-refractivity contribution < 1.29 is 4.79 Å². The van der Waals surface area contributed by atoms with Gasteiger partial charge in [-0.3, -0.25) is 9.78 Å². The summed E-state index contributed by atoms with van der Waals surface area (Å²) in [6.07, 6.45) is 4.88. The molecule has 3 rings (SSSR count). The predicted molar refractivity (Wildman–Crippen MR) is 95.6 cm³/mol. The molecule has 1 aromatic heterocycles. The number of aromatic nitrogens is 1. The highest BCUT2D eigenvalue weighted by Crippen LogP contribution is 2.20. The number of halogens is 1. The Bertz CT molecular complexity index is 984. The number of hydrogen-bond donors (Lipinski definition) is 1. The van der Waals surface area contributed by atoms with Crippen LogP contribution in [-0.2, 0) is 4.79 Å². The summed E-state index contributed by atoms with van der Waals surface area (Å²) in [6.45, 7) is 0. The lowest BCUT2D eigenvalue weighted by molar-refractivity contribution is -0.111. The van der Waals surface area contributed by atoms with Crippen molar-refractivity contribution >= 4 is 40.2 Å². The Morgan fingerprint density at radius 3 is 2.83 bits per heavy atom. The highest BCUT2D eigenvalue weighted by Gasteiger charge is 2.04. The van der Waals surface area contributed by atoms with Crippen LogP contribution in [0.2, 0.25) is 5.02 Å². The molecule has 0 atom stereocenters. The molecule has 1 heterocycles. The molecule has 0 bridgehead atoms. The van der Waals surface area contributed by atoms with E-state index in [1.54, 1.807) is 30.5 Å². The predicted octanol–water partition coefficient (Wildman–Crippen LogP) is 4.41. The summed E-state index contributed by atoms with van der Waals surface area (Å²) in [4.78, 5) is 16.4. The fourth-order valence-corrected chi connectivity index (χ4v) is 2.52. The first-order valence-electron chi connectivity index (χ1n) is 7.20. The van der Waals surface area contributed by atoms with Crippen LogP contribution < -0.4 is 5.32 Å². The molecule has 0 saturated heterocycles. The zero-order valence-electron chi connectivity index (χ0n) is 12.5. The van der Waals surface area contributed by atoms with Crippen LogP contribution in [0.4, 0.5) is 5.69 Å². The molecule has 1 amide bonds. The van der Waals surface area contributed by atoms with Gasteiger partial charge in [0, 0.05) is 28.9 Å². The molecule has 1 N–H and O–H groups in total. The lowest BCUT2D eigenvalue weighted by Gasteiger charge is -2.04. The largest absolute Gasteiger partial charge is 0.322 e. The van der Waals surface area contributed by atoms with E-state index in [0.717, 1.165) is 16.5 Å². The van der Waals surface area contributed by atoms with Gasteiger partial charge in [0.15, 0.2) is 0 Å². The van der Waals surface area contributed by atoms with Gasteiger partial charge in [-0.15, -0.1) is 0 Å². The summed E-state index contributed by atoms with van der Waals surface area (Å²) in [5.41, 5.74) is 2.60. The molecule has 0 radical (unpaired) electrons. The summed E-state index contributed by atoms with van der Waals surface area (Å²) >= 11 is 5.95. The fraction of sp³-hybridized carbons (Fsp3) is 0. The van der Waals surface area contributed by atoms with Gasteiger partial charge < -0.3 is 5.32 Å². The third-order valence-electron chi connectivity index (χ3n) is 3.44. The van der Waals surface area contributed by atoms with Crippen LogP contribution in [0, 0.1) is 11.3 Å². The van der Waals surface area contributed by atoms with Crippen LogP contribution in [0.3, 0.4) is 0 Å². The number of hydrogen-bond acceptors (Lipinski definition) is 3. The van der Waals surface area contributed by atoms with Crippen molar-refractivity contribution in [1.82, 2.24) is 4.98 Å². The number of nitrogens with zero attached hydrogens (tertiary/aromatic N) is 2. The molecule has 0 aliphatic rings. The standard InChI is InChI=1S/C19H12ClN3O/c20-17-11-16(8-6-15(17)12-21)23-18(24)9-7-14-4-1-3-13-5-2-10-22-19(13)14/h1-11H,(H,23,24)/b9-7+. The topological polar surface area (TPSA) is 65.8 Å². The van der Waals surface area contributed by atoms with Gasteiger partial charge in [-0.05, 0) is 30.3 Å². The second-order valence-electron chi connectivity index (χ2n) is 5.05. The van der Waals surface area contributed by atoms with Crippen LogP contribution in [0.15, 0.2) is 60.8 Å². The van der Waals surface area contributed by atoms with Crippen molar-refractivity contribution in [2.75, 3.05) is 5.32 Å². The maximum absolute atomic E-state index is 12.1. The van der Waals surface area contributed by atoms with Crippen LogP contribution in [0.1, 0.15) is 11.1 Å². The molecule has 3 aromatic rings. The summed E-state index contributed by atoms with van der Waals surface area (Å²) in [5.74, 6) is -0.288. The number of benzene rings is 2. The van der Waals surface area contributed by atoms with Gasteiger partial charge >= 0.3 is 0 Å². The lowest BCUT2D eigenvalue weighted by atomic mass is 10.1. The summed E-state index contributed by atoms with van der Waals surface area (Å²) < 4.78 is 0. The fourth-order valence-electron chi connectivity index (χ4n) is 2.30. The lowest BCUT2D eigenvalue weighted by Crippen LogP contribution is -2.07. The number of anilines is 1. The van der Waals surface area contributed by atoms with Gasteiger partial charge in [-0.2, -0.15) is 5.26 Å². The normalized spacial score (nSPS) is 10.7. The zero-order chi connectivity index (χ0) is 16.9. The number of nitrogens with one attached hydrogen (secondary N) is 1. The Morgan fingerprint density at radius 1 is 1.21 bits per heavy atom. The molecular formula is C19H12ClN3O. The third-order valence-corrected chi connectivity index (χ3v) is 3.75. The van der Waals surface area contributed by atoms with E-state index in [-0.39, 0.29) is 5.91 Å². The van der Waals surface area contributed by atoms with E-state index in [2.05, 4.69) is 10.3 Å². The van der Waals surface area contributed by atoms with E-state index < -0.39 is 0 Å². The summed E-state index contributed by atoms with van der Waals surface area (Å²) in [6, 6.07) is 16.4. The summed E-state index contributed by atoms with van der Waals surface area (Å²) in [7, 11) is 0. The minimum atomic E-state index is -0.288. The molecule has 5 heteroatoms. The minimum Gasteiger partial charge on any atom is -0.322 e. The van der Waals surface area contributed by atoms with Crippen molar-refractivity contribution in [3.05, 3.63) is 77.0 Å². The van der Waals surface area contributed by atoms with Gasteiger partial charge in [-0.1, -0.05) is 35.9 Å². The van der Waals surface area contributed by atoms with Gasteiger partial charge in [0.2, 0.25) is 5.91 Å². The zero-order valence-corrected chi connectivity index (χ0v) is 13.3. The number of pyridine rings is 1. The number of nitriles is 1.